The molecule has 0 aliphatic carbocycles. The Kier molecular flexibility index (Phi) is 4.81. The highest BCUT2D eigenvalue weighted by Gasteiger charge is 2.10. The molecule has 6 heteroatoms. The number of thiazole rings is 1. The maximum atomic E-state index is 9.32. The number of hydrogen-bond donors (Lipinski definition) is 1. The molecular weight excluding hydrogens is 372 g/mol. The molecule has 0 aliphatic rings. The van der Waals surface area contributed by atoms with E-state index in [-0.39, 0.29) is 5.71 Å². The van der Waals surface area contributed by atoms with Crippen LogP contribution in [-0.4, -0.2) is 10.7 Å². The minimum atomic E-state index is 0.264. The van der Waals surface area contributed by atoms with Crippen LogP contribution in [0.2, 0.25) is 0 Å². The average molecular weight is 383 g/mol. The Morgan fingerprint density at radius 3 is 2.57 bits per heavy atom. The lowest BCUT2D eigenvalue weighted by Crippen LogP contribution is -2.01. The van der Waals surface area contributed by atoms with Crippen LogP contribution in [0.5, 0.6) is 0 Å². The van der Waals surface area contributed by atoms with Crippen molar-refractivity contribution in [1.82, 2.24) is 4.98 Å². The van der Waals surface area contributed by atoms with Gasteiger partial charge in [0.05, 0.1) is 11.4 Å². The minimum Gasteiger partial charge on any atom is -0.277 e. The number of halogens is 1. The van der Waals surface area contributed by atoms with Crippen molar-refractivity contribution in [2.24, 2.45) is 5.10 Å². The van der Waals surface area contributed by atoms with E-state index in [2.05, 4.69) is 37.5 Å². The molecule has 0 fully saturated rings. The zero-order valence-corrected chi connectivity index (χ0v) is 14.3. The molecule has 0 bridgehead atoms. The van der Waals surface area contributed by atoms with E-state index in [1.54, 1.807) is 0 Å². The predicted octanol–water partition coefficient (Wildman–Crippen LogP) is 4.91. The number of nitriles is 1. The van der Waals surface area contributed by atoms with Crippen LogP contribution >= 0.6 is 27.3 Å². The van der Waals surface area contributed by atoms with Gasteiger partial charge in [0.25, 0.3) is 0 Å². The molecule has 1 aromatic heterocycles. The van der Waals surface area contributed by atoms with Crippen LogP contribution in [0.4, 0.5) is 5.69 Å². The summed E-state index contributed by atoms with van der Waals surface area (Å²) in [5.41, 5.74) is 5.82. The lowest BCUT2D eigenvalue weighted by molar-refractivity contribution is 1.31. The summed E-state index contributed by atoms with van der Waals surface area (Å²) in [4.78, 5) is 4.50. The third-order valence-electron chi connectivity index (χ3n) is 3.02. The highest BCUT2D eigenvalue weighted by molar-refractivity contribution is 9.10. The Bertz CT molecular complexity index is 864. The van der Waals surface area contributed by atoms with Gasteiger partial charge in [-0.25, -0.2) is 4.98 Å². The van der Waals surface area contributed by atoms with Crippen molar-refractivity contribution in [3.63, 3.8) is 0 Å². The molecule has 0 spiro atoms. The molecule has 2 aromatic carbocycles. The number of hydrogen-bond acceptors (Lipinski definition) is 5. The van der Waals surface area contributed by atoms with Crippen molar-refractivity contribution in [1.29, 1.82) is 5.26 Å². The highest BCUT2D eigenvalue weighted by Crippen LogP contribution is 2.22. The Hall–Kier alpha value is -2.49. The SMILES string of the molecule is N#CC(=NNc1ccc(Br)cc1)c1nc(-c2ccccc2)cs1. The van der Waals surface area contributed by atoms with Gasteiger partial charge < -0.3 is 0 Å². The molecule has 0 atom stereocenters. The molecule has 112 valence electrons. The fraction of sp³-hybridized carbons (Fsp3) is 0. The molecule has 1 heterocycles. The highest BCUT2D eigenvalue weighted by atomic mass is 79.9. The maximum absolute atomic E-state index is 9.32. The second-order valence-electron chi connectivity index (χ2n) is 4.59. The number of benzene rings is 2. The third kappa shape index (κ3) is 3.83. The van der Waals surface area contributed by atoms with Gasteiger partial charge >= 0.3 is 0 Å². The van der Waals surface area contributed by atoms with Crippen LogP contribution in [0, 0.1) is 11.3 Å². The fourth-order valence-corrected chi connectivity index (χ4v) is 2.92. The Morgan fingerprint density at radius 2 is 1.87 bits per heavy atom. The quantitative estimate of drug-likeness (QED) is 0.514. The van der Waals surface area contributed by atoms with E-state index in [0.717, 1.165) is 21.4 Å². The van der Waals surface area contributed by atoms with Crippen molar-refractivity contribution in [3.05, 3.63) is 69.5 Å². The maximum Gasteiger partial charge on any atom is 0.196 e. The van der Waals surface area contributed by atoms with Crippen molar-refractivity contribution in [3.8, 4) is 17.3 Å². The summed E-state index contributed by atoms with van der Waals surface area (Å²) < 4.78 is 0.986. The number of hydrazone groups is 1. The van der Waals surface area contributed by atoms with Crippen LogP contribution in [0.15, 0.2) is 69.6 Å². The van der Waals surface area contributed by atoms with Crippen LogP contribution < -0.4 is 5.43 Å². The molecule has 0 saturated heterocycles. The van der Waals surface area contributed by atoms with E-state index in [4.69, 9.17) is 0 Å². The number of rotatable bonds is 4. The smallest absolute Gasteiger partial charge is 0.196 e. The molecule has 23 heavy (non-hydrogen) atoms. The summed E-state index contributed by atoms with van der Waals surface area (Å²) in [6.07, 6.45) is 0. The number of nitrogens with one attached hydrogen (secondary N) is 1. The zero-order valence-electron chi connectivity index (χ0n) is 11.9. The van der Waals surface area contributed by atoms with Gasteiger partial charge in [0, 0.05) is 15.4 Å². The molecule has 1 N–H and O–H groups in total. The summed E-state index contributed by atoms with van der Waals surface area (Å²) >= 11 is 4.78. The van der Waals surface area contributed by atoms with E-state index in [1.807, 2.05) is 60.0 Å². The Balaban J connectivity index is 1.81. The summed E-state index contributed by atoms with van der Waals surface area (Å²) in [7, 11) is 0. The van der Waals surface area contributed by atoms with Gasteiger partial charge in [-0.15, -0.1) is 11.3 Å². The molecular formula is C17H11BrN4S. The molecule has 0 amide bonds. The van der Waals surface area contributed by atoms with Crippen molar-refractivity contribution in [2.45, 2.75) is 0 Å². The first-order chi connectivity index (χ1) is 11.3. The number of nitrogens with zero attached hydrogens (tertiary/aromatic N) is 3. The summed E-state index contributed by atoms with van der Waals surface area (Å²) in [6, 6.07) is 19.5. The van der Waals surface area contributed by atoms with E-state index < -0.39 is 0 Å². The fourth-order valence-electron chi connectivity index (χ4n) is 1.89. The van der Waals surface area contributed by atoms with Gasteiger partial charge in [-0.3, -0.25) is 5.43 Å². The first kappa shape index (κ1) is 15.4. The van der Waals surface area contributed by atoms with Gasteiger partial charge in [-0.1, -0.05) is 46.3 Å². The van der Waals surface area contributed by atoms with Crippen LogP contribution in [0.25, 0.3) is 11.3 Å². The van der Waals surface area contributed by atoms with E-state index in [9.17, 15) is 5.26 Å². The van der Waals surface area contributed by atoms with Gasteiger partial charge in [-0.05, 0) is 24.3 Å². The van der Waals surface area contributed by atoms with Gasteiger partial charge in [0.1, 0.15) is 6.07 Å². The molecule has 3 aromatic rings. The van der Waals surface area contributed by atoms with Crippen LogP contribution in [0.3, 0.4) is 0 Å². The normalized spacial score (nSPS) is 11.0. The number of anilines is 1. The second-order valence-corrected chi connectivity index (χ2v) is 6.37. The molecule has 4 nitrogen and oxygen atoms in total. The standard InChI is InChI=1S/C17H11BrN4S/c18-13-6-8-14(9-7-13)21-22-15(10-19)17-20-16(11-23-17)12-4-2-1-3-5-12/h1-9,11,21H. The van der Waals surface area contributed by atoms with E-state index in [0.29, 0.717) is 5.01 Å². The summed E-state index contributed by atoms with van der Waals surface area (Å²) in [5, 5.41) is 16.0. The summed E-state index contributed by atoms with van der Waals surface area (Å²) in [5.74, 6) is 0. The Morgan fingerprint density at radius 1 is 1.13 bits per heavy atom. The van der Waals surface area contributed by atoms with Gasteiger partial charge in [0.15, 0.2) is 10.7 Å². The van der Waals surface area contributed by atoms with Crippen molar-refractivity contribution < 1.29 is 0 Å². The molecule has 3 rings (SSSR count). The lowest BCUT2D eigenvalue weighted by atomic mass is 10.2. The first-order valence-electron chi connectivity index (χ1n) is 6.77. The van der Waals surface area contributed by atoms with E-state index >= 15 is 0 Å². The van der Waals surface area contributed by atoms with Crippen LogP contribution in [-0.2, 0) is 0 Å². The minimum absolute atomic E-state index is 0.264. The third-order valence-corrected chi connectivity index (χ3v) is 4.40. The number of aromatic nitrogens is 1. The first-order valence-corrected chi connectivity index (χ1v) is 8.44. The molecule has 0 radical (unpaired) electrons. The largest absolute Gasteiger partial charge is 0.277 e. The molecule has 0 aliphatic heterocycles. The lowest BCUT2D eigenvalue weighted by Gasteiger charge is -2.00. The van der Waals surface area contributed by atoms with Crippen LogP contribution in [0.1, 0.15) is 5.01 Å². The van der Waals surface area contributed by atoms with Crippen molar-refractivity contribution in [2.75, 3.05) is 5.43 Å². The van der Waals surface area contributed by atoms with E-state index in [1.165, 1.54) is 11.3 Å². The Labute approximate surface area is 146 Å². The topological polar surface area (TPSA) is 61.1 Å². The predicted molar refractivity (Wildman–Crippen MR) is 97.5 cm³/mol. The van der Waals surface area contributed by atoms with Gasteiger partial charge in [0.2, 0.25) is 0 Å². The molecule has 0 saturated carbocycles. The zero-order chi connectivity index (χ0) is 16.1. The second kappa shape index (κ2) is 7.18. The van der Waals surface area contributed by atoms with Gasteiger partial charge in [-0.2, -0.15) is 10.4 Å². The summed E-state index contributed by atoms with van der Waals surface area (Å²) in [6.45, 7) is 0. The molecule has 0 unspecified atom stereocenters. The average Bonchev–Trinajstić information content (AvgIpc) is 3.08. The van der Waals surface area contributed by atoms with Crippen molar-refractivity contribution >= 4 is 38.7 Å². The monoisotopic (exact) mass is 382 g/mol.